The van der Waals surface area contributed by atoms with Crippen LogP contribution in [0.25, 0.3) is 0 Å². The highest BCUT2D eigenvalue weighted by Crippen LogP contribution is 2.19. The van der Waals surface area contributed by atoms with Gasteiger partial charge in [0.15, 0.2) is 0 Å². The Morgan fingerprint density at radius 1 is 1.35 bits per heavy atom. The summed E-state index contributed by atoms with van der Waals surface area (Å²) in [6.07, 6.45) is 5.52. The van der Waals surface area contributed by atoms with Gasteiger partial charge in [0, 0.05) is 17.0 Å². The number of nitrogens with one attached hydrogen (secondary N) is 1. The van der Waals surface area contributed by atoms with E-state index in [-0.39, 0.29) is 5.91 Å². The van der Waals surface area contributed by atoms with Crippen molar-refractivity contribution >= 4 is 23.4 Å². The fourth-order valence-corrected chi connectivity index (χ4v) is 1.99. The van der Waals surface area contributed by atoms with Crippen molar-refractivity contribution in [3.63, 3.8) is 0 Å². The minimum atomic E-state index is 0.0836. The number of anilines is 1. The van der Waals surface area contributed by atoms with Crippen molar-refractivity contribution in [1.29, 1.82) is 0 Å². The van der Waals surface area contributed by atoms with E-state index in [2.05, 4.69) is 5.32 Å². The van der Waals surface area contributed by atoms with Crippen molar-refractivity contribution in [2.75, 3.05) is 18.1 Å². The van der Waals surface area contributed by atoms with E-state index in [4.69, 9.17) is 5.73 Å². The normalized spacial score (nSPS) is 10.2. The van der Waals surface area contributed by atoms with Gasteiger partial charge in [-0.15, -0.1) is 11.8 Å². The fourth-order valence-electron chi connectivity index (χ4n) is 1.53. The quantitative estimate of drug-likeness (QED) is 0.579. The van der Waals surface area contributed by atoms with Crippen molar-refractivity contribution in [2.24, 2.45) is 5.73 Å². The third kappa shape index (κ3) is 5.75. The van der Waals surface area contributed by atoms with Crippen LogP contribution in [0.4, 0.5) is 5.69 Å². The van der Waals surface area contributed by atoms with E-state index < -0.39 is 0 Å². The smallest absolute Gasteiger partial charge is 0.224 e. The molecule has 0 fully saturated rings. The molecular weight excluding hydrogens is 232 g/mol. The molecule has 1 rings (SSSR count). The first-order valence-electron chi connectivity index (χ1n) is 5.90. The summed E-state index contributed by atoms with van der Waals surface area (Å²) in [4.78, 5) is 12.8. The molecule has 0 aliphatic rings. The van der Waals surface area contributed by atoms with Crippen LogP contribution in [0.2, 0.25) is 0 Å². The molecule has 0 aliphatic heterocycles. The molecule has 1 aromatic carbocycles. The van der Waals surface area contributed by atoms with Gasteiger partial charge in [-0.25, -0.2) is 0 Å². The van der Waals surface area contributed by atoms with E-state index in [1.54, 1.807) is 11.8 Å². The maximum absolute atomic E-state index is 11.6. The topological polar surface area (TPSA) is 55.1 Å². The van der Waals surface area contributed by atoms with Crippen molar-refractivity contribution < 1.29 is 4.79 Å². The second-order valence-electron chi connectivity index (χ2n) is 3.88. The van der Waals surface area contributed by atoms with Crippen LogP contribution in [-0.2, 0) is 4.79 Å². The Bertz CT molecular complexity index is 355. The SMILES string of the molecule is CSc1cccc(NC(=O)CCCCCN)c1. The molecule has 0 heterocycles. The van der Waals surface area contributed by atoms with Crippen molar-refractivity contribution in [3.8, 4) is 0 Å². The summed E-state index contributed by atoms with van der Waals surface area (Å²) in [7, 11) is 0. The van der Waals surface area contributed by atoms with Crippen molar-refractivity contribution in [3.05, 3.63) is 24.3 Å². The van der Waals surface area contributed by atoms with Crippen LogP contribution >= 0.6 is 11.8 Å². The number of amides is 1. The Morgan fingerprint density at radius 2 is 2.18 bits per heavy atom. The summed E-state index contributed by atoms with van der Waals surface area (Å²) < 4.78 is 0. The molecule has 0 aliphatic carbocycles. The lowest BCUT2D eigenvalue weighted by Gasteiger charge is -2.06. The van der Waals surface area contributed by atoms with E-state index >= 15 is 0 Å². The Labute approximate surface area is 107 Å². The lowest BCUT2D eigenvalue weighted by molar-refractivity contribution is -0.116. The number of benzene rings is 1. The van der Waals surface area contributed by atoms with Crippen LogP contribution in [0.5, 0.6) is 0 Å². The van der Waals surface area contributed by atoms with Gasteiger partial charge in [0.05, 0.1) is 0 Å². The Hall–Kier alpha value is -1.00. The second kappa shape index (κ2) is 8.14. The first-order chi connectivity index (χ1) is 8.26. The molecule has 0 atom stereocenters. The monoisotopic (exact) mass is 252 g/mol. The van der Waals surface area contributed by atoms with Gasteiger partial charge in [0.2, 0.25) is 5.91 Å². The molecule has 4 heteroatoms. The number of carbonyl (C=O) groups excluding carboxylic acids is 1. The first kappa shape index (κ1) is 14.1. The molecule has 0 bridgehead atoms. The summed E-state index contributed by atoms with van der Waals surface area (Å²) in [6, 6.07) is 7.89. The Kier molecular flexibility index (Phi) is 6.74. The van der Waals surface area contributed by atoms with E-state index in [0.29, 0.717) is 13.0 Å². The molecule has 94 valence electrons. The molecule has 3 N–H and O–H groups in total. The molecule has 0 radical (unpaired) electrons. The molecule has 3 nitrogen and oxygen atoms in total. The van der Waals surface area contributed by atoms with Gasteiger partial charge in [-0.1, -0.05) is 12.5 Å². The molecular formula is C13H20N2OS. The lowest BCUT2D eigenvalue weighted by atomic mass is 10.2. The summed E-state index contributed by atoms with van der Waals surface area (Å²) in [5, 5.41) is 2.91. The lowest BCUT2D eigenvalue weighted by Crippen LogP contribution is -2.11. The average Bonchev–Trinajstić information content (AvgIpc) is 2.35. The summed E-state index contributed by atoms with van der Waals surface area (Å²) in [6.45, 7) is 0.706. The molecule has 0 saturated carbocycles. The third-order valence-corrected chi connectivity index (χ3v) is 3.19. The number of hydrogen-bond acceptors (Lipinski definition) is 3. The molecule has 0 spiro atoms. The van der Waals surface area contributed by atoms with E-state index in [1.807, 2.05) is 30.5 Å². The maximum Gasteiger partial charge on any atom is 0.224 e. The predicted molar refractivity (Wildman–Crippen MR) is 74.4 cm³/mol. The van der Waals surface area contributed by atoms with E-state index in [1.165, 1.54) is 0 Å². The summed E-state index contributed by atoms with van der Waals surface area (Å²) in [5.41, 5.74) is 6.27. The first-order valence-corrected chi connectivity index (χ1v) is 7.12. The van der Waals surface area contributed by atoms with Gasteiger partial charge in [-0.3, -0.25) is 4.79 Å². The number of thioether (sulfide) groups is 1. The maximum atomic E-state index is 11.6. The highest BCUT2D eigenvalue weighted by atomic mass is 32.2. The number of carbonyl (C=O) groups is 1. The highest BCUT2D eigenvalue weighted by Gasteiger charge is 2.02. The zero-order valence-electron chi connectivity index (χ0n) is 10.2. The van der Waals surface area contributed by atoms with Crippen molar-refractivity contribution in [2.45, 2.75) is 30.6 Å². The molecule has 0 unspecified atom stereocenters. The molecule has 0 aromatic heterocycles. The van der Waals surface area contributed by atoms with Crippen LogP contribution < -0.4 is 11.1 Å². The largest absolute Gasteiger partial charge is 0.330 e. The predicted octanol–water partition coefficient (Wildman–Crippen LogP) is 2.87. The van der Waals surface area contributed by atoms with Gasteiger partial charge in [0.25, 0.3) is 0 Å². The molecule has 0 saturated heterocycles. The van der Waals surface area contributed by atoms with Crippen LogP contribution in [0.1, 0.15) is 25.7 Å². The van der Waals surface area contributed by atoms with Gasteiger partial charge in [-0.05, 0) is 43.8 Å². The number of nitrogens with two attached hydrogens (primary N) is 1. The van der Waals surface area contributed by atoms with Crippen LogP contribution in [0, 0.1) is 0 Å². The van der Waals surface area contributed by atoms with Crippen LogP contribution in [0.15, 0.2) is 29.2 Å². The zero-order chi connectivity index (χ0) is 12.5. The highest BCUT2D eigenvalue weighted by molar-refractivity contribution is 7.98. The minimum Gasteiger partial charge on any atom is -0.330 e. The molecule has 1 aromatic rings. The summed E-state index contributed by atoms with van der Waals surface area (Å²) in [5.74, 6) is 0.0836. The number of unbranched alkanes of at least 4 members (excludes halogenated alkanes) is 2. The molecule has 1 amide bonds. The van der Waals surface area contributed by atoms with Gasteiger partial charge in [0.1, 0.15) is 0 Å². The van der Waals surface area contributed by atoms with Crippen LogP contribution in [-0.4, -0.2) is 18.7 Å². The van der Waals surface area contributed by atoms with Gasteiger partial charge < -0.3 is 11.1 Å². The van der Waals surface area contributed by atoms with E-state index in [0.717, 1.165) is 29.8 Å². The zero-order valence-corrected chi connectivity index (χ0v) is 11.1. The second-order valence-corrected chi connectivity index (χ2v) is 4.76. The standard InChI is InChI=1S/C13H20N2OS/c1-17-12-7-5-6-11(10-12)15-13(16)8-3-2-4-9-14/h5-7,10H,2-4,8-9,14H2,1H3,(H,15,16). The molecule has 17 heavy (non-hydrogen) atoms. The van der Waals surface area contributed by atoms with Crippen LogP contribution in [0.3, 0.4) is 0 Å². The van der Waals surface area contributed by atoms with Crippen molar-refractivity contribution in [1.82, 2.24) is 0 Å². The summed E-state index contributed by atoms with van der Waals surface area (Å²) >= 11 is 1.67. The van der Waals surface area contributed by atoms with Gasteiger partial charge >= 0.3 is 0 Å². The Morgan fingerprint density at radius 3 is 2.88 bits per heavy atom. The minimum absolute atomic E-state index is 0.0836. The van der Waals surface area contributed by atoms with E-state index in [9.17, 15) is 4.79 Å². The number of hydrogen-bond donors (Lipinski definition) is 2. The number of rotatable bonds is 7. The Balaban J connectivity index is 2.34. The average molecular weight is 252 g/mol. The third-order valence-electron chi connectivity index (χ3n) is 2.46. The van der Waals surface area contributed by atoms with Gasteiger partial charge in [-0.2, -0.15) is 0 Å². The fraction of sp³-hybridized carbons (Fsp3) is 0.462.